The number of fused-ring (bicyclic) bond motifs is 1. The van der Waals surface area contributed by atoms with Crippen LogP contribution in [0.25, 0.3) is 11.0 Å². The number of aliphatic hydroxyl groups is 1. The van der Waals surface area contributed by atoms with Crippen LogP contribution in [0.1, 0.15) is 18.9 Å². The number of hydrogen-bond acceptors (Lipinski definition) is 5. The standard InChI is InChI=1S/C13H19N5O/c1-15-6-8-4-10(11(19)5-8)18-3-2-9-12(14)16-7-17-13(9)18/h2-3,7-8,10-11,15,19H,4-6H2,1H3,(H2,14,16,17)/t8-,10+,11+/m0/s1. The summed E-state index contributed by atoms with van der Waals surface area (Å²) in [5.41, 5.74) is 6.65. The number of nitrogens with two attached hydrogens (primary N) is 1. The summed E-state index contributed by atoms with van der Waals surface area (Å²) in [5, 5.41) is 14.3. The molecule has 1 aliphatic carbocycles. The minimum absolute atomic E-state index is 0.0742. The van der Waals surface area contributed by atoms with Crippen LogP contribution in [0.15, 0.2) is 18.6 Å². The van der Waals surface area contributed by atoms with Crippen molar-refractivity contribution in [3.05, 3.63) is 18.6 Å². The predicted octanol–water partition coefficient (Wildman–Crippen LogP) is 0.545. The van der Waals surface area contributed by atoms with Crippen molar-refractivity contribution >= 4 is 16.9 Å². The maximum absolute atomic E-state index is 10.3. The van der Waals surface area contributed by atoms with Crippen LogP contribution in [0, 0.1) is 5.92 Å². The molecule has 3 atom stereocenters. The molecule has 0 bridgehead atoms. The zero-order valence-electron chi connectivity index (χ0n) is 11.0. The maximum Gasteiger partial charge on any atom is 0.145 e. The van der Waals surface area contributed by atoms with Crippen molar-refractivity contribution in [2.24, 2.45) is 5.92 Å². The third-order valence-corrected chi connectivity index (χ3v) is 3.98. The first-order chi connectivity index (χ1) is 9.20. The zero-order valence-corrected chi connectivity index (χ0v) is 11.0. The third-order valence-electron chi connectivity index (χ3n) is 3.98. The zero-order chi connectivity index (χ0) is 13.4. The van der Waals surface area contributed by atoms with E-state index in [2.05, 4.69) is 15.3 Å². The lowest BCUT2D eigenvalue weighted by molar-refractivity contribution is 0.136. The van der Waals surface area contributed by atoms with Crippen LogP contribution in [0.5, 0.6) is 0 Å². The molecule has 19 heavy (non-hydrogen) atoms. The number of nitrogen functional groups attached to an aromatic ring is 1. The summed E-state index contributed by atoms with van der Waals surface area (Å²) in [5.74, 6) is 0.990. The second-order valence-electron chi connectivity index (χ2n) is 5.25. The first kappa shape index (κ1) is 12.4. The van der Waals surface area contributed by atoms with Gasteiger partial charge in [0.2, 0.25) is 0 Å². The van der Waals surface area contributed by atoms with Crippen LogP contribution >= 0.6 is 0 Å². The lowest BCUT2D eigenvalue weighted by Crippen LogP contribution is -2.17. The normalized spacial score (nSPS) is 27.2. The smallest absolute Gasteiger partial charge is 0.145 e. The van der Waals surface area contributed by atoms with Crippen molar-refractivity contribution < 1.29 is 5.11 Å². The summed E-state index contributed by atoms with van der Waals surface area (Å²) < 4.78 is 2.04. The number of hydrogen-bond donors (Lipinski definition) is 3. The Morgan fingerprint density at radius 2 is 2.32 bits per heavy atom. The van der Waals surface area contributed by atoms with Gasteiger partial charge in [-0.25, -0.2) is 9.97 Å². The topological polar surface area (TPSA) is 89.0 Å². The van der Waals surface area contributed by atoms with Crippen molar-refractivity contribution in [2.45, 2.75) is 25.0 Å². The largest absolute Gasteiger partial charge is 0.391 e. The number of nitrogens with one attached hydrogen (secondary N) is 1. The minimum atomic E-state index is -0.329. The number of aromatic nitrogens is 3. The highest BCUT2D eigenvalue weighted by Crippen LogP contribution is 2.36. The Bertz CT molecular complexity index is 581. The molecule has 1 saturated carbocycles. The quantitative estimate of drug-likeness (QED) is 0.750. The summed E-state index contributed by atoms with van der Waals surface area (Å²) in [6.07, 6.45) is 4.87. The average Bonchev–Trinajstić information content (AvgIpc) is 2.94. The van der Waals surface area contributed by atoms with Crippen LogP contribution in [0.4, 0.5) is 5.82 Å². The van der Waals surface area contributed by atoms with Gasteiger partial charge in [0.15, 0.2) is 0 Å². The summed E-state index contributed by atoms with van der Waals surface area (Å²) >= 11 is 0. The van der Waals surface area contributed by atoms with Gasteiger partial charge in [0.05, 0.1) is 17.5 Å². The summed E-state index contributed by atoms with van der Waals surface area (Å²) in [6, 6.07) is 1.99. The molecule has 6 heteroatoms. The van der Waals surface area contributed by atoms with Gasteiger partial charge >= 0.3 is 0 Å². The number of aliphatic hydroxyl groups excluding tert-OH is 1. The molecular formula is C13H19N5O. The molecule has 0 amide bonds. The van der Waals surface area contributed by atoms with E-state index in [1.807, 2.05) is 23.9 Å². The van der Waals surface area contributed by atoms with Gasteiger partial charge in [0.1, 0.15) is 17.8 Å². The van der Waals surface area contributed by atoms with Gasteiger partial charge < -0.3 is 20.7 Å². The number of anilines is 1. The van der Waals surface area contributed by atoms with Crippen molar-refractivity contribution in [2.75, 3.05) is 19.3 Å². The van der Waals surface area contributed by atoms with Crippen molar-refractivity contribution in [3.8, 4) is 0 Å². The Morgan fingerprint density at radius 1 is 1.47 bits per heavy atom. The van der Waals surface area contributed by atoms with E-state index in [-0.39, 0.29) is 12.1 Å². The van der Waals surface area contributed by atoms with E-state index in [9.17, 15) is 5.11 Å². The molecule has 0 spiro atoms. The molecule has 0 unspecified atom stereocenters. The molecule has 102 valence electrons. The Kier molecular flexibility index (Phi) is 3.12. The SMILES string of the molecule is CNC[C@@H]1C[C@@H](O)[C@H](n2ccc3c(N)ncnc32)C1. The average molecular weight is 261 g/mol. The molecule has 1 aliphatic rings. The lowest BCUT2D eigenvalue weighted by Gasteiger charge is -2.17. The molecule has 2 aromatic rings. The van der Waals surface area contributed by atoms with E-state index in [1.54, 1.807) is 0 Å². The highest BCUT2D eigenvalue weighted by molar-refractivity contribution is 5.86. The van der Waals surface area contributed by atoms with Crippen LogP contribution in [-0.2, 0) is 0 Å². The van der Waals surface area contributed by atoms with Gasteiger partial charge in [-0.2, -0.15) is 0 Å². The van der Waals surface area contributed by atoms with E-state index in [4.69, 9.17) is 5.73 Å². The van der Waals surface area contributed by atoms with Crippen molar-refractivity contribution in [3.63, 3.8) is 0 Å². The maximum atomic E-state index is 10.3. The van der Waals surface area contributed by atoms with E-state index in [1.165, 1.54) is 6.33 Å². The summed E-state index contributed by atoms with van der Waals surface area (Å²) in [4.78, 5) is 8.29. The van der Waals surface area contributed by atoms with Gasteiger partial charge in [-0.1, -0.05) is 0 Å². The highest BCUT2D eigenvalue weighted by Gasteiger charge is 2.34. The second kappa shape index (κ2) is 4.79. The number of rotatable bonds is 3. The molecular weight excluding hydrogens is 242 g/mol. The van der Waals surface area contributed by atoms with Gasteiger partial charge in [0, 0.05) is 6.20 Å². The fourth-order valence-corrected chi connectivity index (χ4v) is 3.11. The molecule has 2 aromatic heterocycles. The first-order valence-electron chi connectivity index (χ1n) is 6.60. The van der Waals surface area contributed by atoms with Crippen LogP contribution < -0.4 is 11.1 Å². The molecule has 0 aromatic carbocycles. The van der Waals surface area contributed by atoms with Gasteiger partial charge in [0.25, 0.3) is 0 Å². The Morgan fingerprint density at radius 3 is 3.11 bits per heavy atom. The Balaban J connectivity index is 1.94. The van der Waals surface area contributed by atoms with Crippen molar-refractivity contribution in [1.29, 1.82) is 0 Å². The third kappa shape index (κ3) is 2.06. The molecule has 1 fully saturated rings. The molecule has 0 aliphatic heterocycles. The van der Waals surface area contributed by atoms with Gasteiger partial charge in [-0.15, -0.1) is 0 Å². The monoisotopic (exact) mass is 261 g/mol. The highest BCUT2D eigenvalue weighted by atomic mass is 16.3. The second-order valence-corrected chi connectivity index (χ2v) is 5.25. The van der Waals surface area contributed by atoms with Crippen LogP contribution in [0.3, 0.4) is 0 Å². The fraction of sp³-hybridized carbons (Fsp3) is 0.538. The molecule has 0 saturated heterocycles. The lowest BCUT2D eigenvalue weighted by atomic mass is 10.1. The van der Waals surface area contributed by atoms with Crippen LogP contribution in [0.2, 0.25) is 0 Å². The first-order valence-corrected chi connectivity index (χ1v) is 6.60. The Hall–Kier alpha value is -1.66. The molecule has 4 N–H and O–H groups in total. The minimum Gasteiger partial charge on any atom is -0.391 e. The van der Waals surface area contributed by atoms with E-state index < -0.39 is 0 Å². The molecule has 3 rings (SSSR count). The van der Waals surface area contributed by atoms with Crippen molar-refractivity contribution in [1.82, 2.24) is 19.9 Å². The summed E-state index contributed by atoms with van der Waals surface area (Å²) in [6.45, 7) is 0.934. The van der Waals surface area contributed by atoms with E-state index >= 15 is 0 Å². The van der Waals surface area contributed by atoms with Gasteiger partial charge in [-0.3, -0.25) is 0 Å². The number of nitrogens with zero attached hydrogens (tertiary/aromatic N) is 3. The molecule has 6 nitrogen and oxygen atoms in total. The van der Waals surface area contributed by atoms with Gasteiger partial charge in [-0.05, 0) is 38.4 Å². The molecule has 0 radical (unpaired) electrons. The van der Waals surface area contributed by atoms with Crippen LogP contribution in [-0.4, -0.2) is 39.3 Å². The Labute approximate surface area is 111 Å². The predicted molar refractivity (Wildman–Crippen MR) is 73.6 cm³/mol. The summed E-state index contributed by atoms with van der Waals surface area (Å²) in [7, 11) is 1.94. The molecule has 2 heterocycles. The van der Waals surface area contributed by atoms with E-state index in [0.717, 1.165) is 30.4 Å². The van der Waals surface area contributed by atoms with E-state index in [0.29, 0.717) is 11.7 Å². The fourth-order valence-electron chi connectivity index (χ4n) is 3.11.